The zero-order chi connectivity index (χ0) is 18.9. The van der Waals surface area contributed by atoms with E-state index in [0.29, 0.717) is 24.2 Å². The largest absolute Gasteiger partial charge is 0.387 e. The van der Waals surface area contributed by atoms with Gasteiger partial charge in [0.15, 0.2) is 0 Å². The Labute approximate surface area is 157 Å². The van der Waals surface area contributed by atoms with Crippen LogP contribution in [0, 0.1) is 6.92 Å². The summed E-state index contributed by atoms with van der Waals surface area (Å²) in [5, 5.41) is 17.3. The molecule has 0 spiro atoms. The second-order valence-corrected chi connectivity index (χ2v) is 7.15. The molecule has 3 aromatic rings. The summed E-state index contributed by atoms with van der Waals surface area (Å²) in [6, 6.07) is 11.4. The Hall–Kier alpha value is -2.83. The monoisotopic (exact) mass is 362 g/mol. The number of aryl methyl sites for hydroxylation is 1. The molecule has 4 rings (SSSR count). The van der Waals surface area contributed by atoms with Crippen molar-refractivity contribution in [3.63, 3.8) is 0 Å². The van der Waals surface area contributed by atoms with Crippen LogP contribution in [-0.4, -0.2) is 46.2 Å². The number of rotatable bonds is 4. The van der Waals surface area contributed by atoms with Gasteiger partial charge < -0.3 is 15.7 Å². The van der Waals surface area contributed by atoms with Gasteiger partial charge in [0, 0.05) is 36.4 Å². The number of carbonyl (C=O) groups excluding carboxylic acids is 1. The highest BCUT2D eigenvalue weighted by molar-refractivity contribution is 6.07. The lowest BCUT2D eigenvalue weighted by atomic mass is 10.0. The van der Waals surface area contributed by atoms with Crippen molar-refractivity contribution in [2.45, 2.75) is 18.9 Å². The molecule has 0 aliphatic carbocycles. The fraction of sp³-hybridized carbons (Fsp3) is 0.286. The average Bonchev–Trinajstić information content (AvgIpc) is 3.13. The Balaban J connectivity index is 1.73. The lowest BCUT2D eigenvalue weighted by Gasteiger charge is -2.22. The molecule has 1 saturated heterocycles. The van der Waals surface area contributed by atoms with E-state index in [1.165, 1.54) is 0 Å². The highest BCUT2D eigenvalue weighted by Gasteiger charge is 2.31. The van der Waals surface area contributed by atoms with Crippen molar-refractivity contribution in [2.75, 3.05) is 19.6 Å². The van der Waals surface area contributed by atoms with Crippen LogP contribution in [0.2, 0.25) is 0 Å². The summed E-state index contributed by atoms with van der Waals surface area (Å²) in [5.41, 5.74) is 3.04. The SMILES string of the molecule is Cc1ccc2nc(-c3cccnc3)cc(C(=O)NCC3(O)CCNC3)c2c1. The zero-order valence-electron chi connectivity index (χ0n) is 15.2. The first kappa shape index (κ1) is 17.6. The molecule has 0 radical (unpaired) electrons. The first-order chi connectivity index (χ1) is 13.0. The number of pyridine rings is 2. The molecule has 1 fully saturated rings. The number of hydrogen-bond donors (Lipinski definition) is 3. The van der Waals surface area contributed by atoms with Crippen LogP contribution in [0.1, 0.15) is 22.3 Å². The third-order valence-corrected chi connectivity index (χ3v) is 4.97. The minimum absolute atomic E-state index is 0.210. The third kappa shape index (κ3) is 3.67. The van der Waals surface area contributed by atoms with Gasteiger partial charge >= 0.3 is 0 Å². The highest BCUT2D eigenvalue weighted by atomic mass is 16.3. The first-order valence-corrected chi connectivity index (χ1v) is 9.07. The molecule has 138 valence electrons. The van der Waals surface area contributed by atoms with Crippen LogP contribution in [0.4, 0.5) is 0 Å². The van der Waals surface area contributed by atoms with Crippen molar-refractivity contribution >= 4 is 16.8 Å². The second kappa shape index (κ2) is 7.06. The molecule has 1 aromatic carbocycles. The summed E-state index contributed by atoms with van der Waals surface area (Å²) in [7, 11) is 0. The van der Waals surface area contributed by atoms with E-state index in [2.05, 4.69) is 15.6 Å². The molecule has 27 heavy (non-hydrogen) atoms. The predicted octanol–water partition coefficient (Wildman–Crippen LogP) is 2.06. The van der Waals surface area contributed by atoms with Crippen molar-refractivity contribution in [3.8, 4) is 11.3 Å². The number of hydrogen-bond acceptors (Lipinski definition) is 5. The van der Waals surface area contributed by atoms with Gasteiger partial charge in [-0.25, -0.2) is 4.98 Å². The van der Waals surface area contributed by atoms with Crippen LogP contribution >= 0.6 is 0 Å². The van der Waals surface area contributed by atoms with E-state index in [-0.39, 0.29) is 12.5 Å². The van der Waals surface area contributed by atoms with E-state index in [1.807, 2.05) is 37.3 Å². The Morgan fingerprint density at radius 1 is 1.33 bits per heavy atom. The third-order valence-electron chi connectivity index (χ3n) is 4.97. The standard InChI is InChI=1S/C21H22N4O2/c1-14-4-5-18-16(9-14)17(10-19(25-18)15-3-2-7-22-11-15)20(26)24-13-21(27)6-8-23-12-21/h2-5,7,9-11,23,27H,6,8,12-13H2,1H3,(H,24,26). The van der Waals surface area contributed by atoms with E-state index in [4.69, 9.17) is 4.98 Å². The maximum absolute atomic E-state index is 13.0. The van der Waals surface area contributed by atoms with Gasteiger partial charge in [0.1, 0.15) is 0 Å². The number of β-amino-alcohol motifs (C(OH)–C–C–N with tert-alkyl or cyclic N) is 1. The molecule has 0 bridgehead atoms. The van der Waals surface area contributed by atoms with Crippen LogP contribution < -0.4 is 10.6 Å². The minimum atomic E-state index is -0.888. The summed E-state index contributed by atoms with van der Waals surface area (Å²) < 4.78 is 0. The highest BCUT2D eigenvalue weighted by Crippen LogP contribution is 2.25. The van der Waals surface area contributed by atoms with E-state index in [9.17, 15) is 9.90 Å². The van der Waals surface area contributed by atoms with Gasteiger partial charge in [0.05, 0.1) is 22.4 Å². The lowest BCUT2D eigenvalue weighted by molar-refractivity contribution is 0.0562. The molecular formula is C21H22N4O2. The Kier molecular flexibility index (Phi) is 4.59. The van der Waals surface area contributed by atoms with Crippen molar-refractivity contribution in [1.82, 2.24) is 20.6 Å². The average molecular weight is 362 g/mol. The van der Waals surface area contributed by atoms with Gasteiger partial charge in [-0.15, -0.1) is 0 Å². The molecule has 3 heterocycles. The van der Waals surface area contributed by atoms with Crippen LogP contribution in [0.15, 0.2) is 48.8 Å². The molecule has 0 saturated carbocycles. The molecule has 6 heteroatoms. The van der Waals surface area contributed by atoms with E-state index < -0.39 is 5.60 Å². The van der Waals surface area contributed by atoms with Gasteiger partial charge in [-0.1, -0.05) is 11.6 Å². The summed E-state index contributed by atoms with van der Waals surface area (Å²) in [6.07, 6.45) is 4.07. The fourth-order valence-corrected chi connectivity index (χ4v) is 3.41. The summed E-state index contributed by atoms with van der Waals surface area (Å²) in [6.45, 7) is 3.46. The Morgan fingerprint density at radius 3 is 2.96 bits per heavy atom. The van der Waals surface area contributed by atoms with Gasteiger partial charge in [0.2, 0.25) is 0 Å². The number of fused-ring (bicyclic) bond motifs is 1. The first-order valence-electron chi connectivity index (χ1n) is 9.07. The Morgan fingerprint density at radius 2 is 2.22 bits per heavy atom. The normalized spacial score (nSPS) is 19.3. The van der Waals surface area contributed by atoms with Crippen molar-refractivity contribution in [2.24, 2.45) is 0 Å². The smallest absolute Gasteiger partial charge is 0.252 e. The van der Waals surface area contributed by atoms with Gasteiger partial charge in [-0.05, 0) is 50.2 Å². The van der Waals surface area contributed by atoms with Crippen molar-refractivity contribution in [3.05, 3.63) is 59.9 Å². The van der Waals surface area contributed by atoms with Crippen LogP contribution in [0.25, 0.3) is 22.2 Å². The van der Waals surface area contributed by atoms with E-state index >= 15 is 0 Å². The summed E-state index contributed by atoms with van der Waals surface area (Å²) in [4.78, 5) is 21.8. The quantitative estimate of drug-likeness (QED) is 0.661. The molecule has 1 aliphatic rings. The number of amides is 1. The minimum Gasteiger partial charge on any atom is -0.387 e. The van der Waals surface area contributed by atoms with Crippen LogP contribution in [-0.2, 0) is 0 Å². The molecule has 6 nitrogen and oxygen atoms in total. The summed E-state index contributed by atoms with van der Waals surface area (Å²) in [5.74, 6) is -0.210. The number of nitrogens with one attached hydrogen (secondary N) is 2. The van der Waals surface area contributed by atoms with Crippen molar-refractivity contribution < 1.29 is 9.90 Å². The molecular weight excluding hydrogens is 340 g/mol. The number of carbonyl (C=O) groups is 1. The number of nitrogens with zero attached hydrogens (tertiary/aromatic N) is 2. The molecule has 1 unspecified atom stereocenters. The summed E-state index contributed by atoms with van der Waals surface area (Å²) >= 11 is 0. The van der Waals surface area contributed by atoms with Crippen LogP contribution in [0.3, 0.4) is 0 Å². The van der Waals surface area contributed by atoms with Gasteiger partial charge in [-0.2, -0.15) is 0 Å². The van der Waals surface area contributed by atoms with E-state index in [0.717, 1.165) is 28.6 Å². The second-order valence-electron chi connectivity index (χ2n) is 7.15. The maximum atomic E-state index is 13.0. The Bertz CT molecular complexity index is 982. The van der Waals surface area contributed by atoms with Crippen molar-refractivity contribution in [1.29, 1.82) is 0 Å². The lowest BCUT2D eigenvalue weighted by Crippen LogP contribution is -2.44. The van der Waals surface area contributed by atoms with Crippen LogP contribution in [0.5, 0.6) is 0 Å². The predicted molar refractivity (Wildman–Crippen MR) is 104 cm³/mol. The zero-order valence-corrected chi connectivity index (χ0v) is 15.2. The molecule has 1 aliphatic heterocycles. The number of benzene rings is 1. The molecule has 2 aromatic heterocycles. The fourth-order valence-electron chi connectivity index (χ4n) is 3.41. The van der Waals surface area contributed by atoms with Gasteiger partial charge in [0.25, 0.3) is 5.91 Å². The van der Waals surface area contributed by atoms with E-state index in [1.54, 1.807) is 18.5 Å². The number of aliphatic hydroxyl groups is 1. The maximum Gasteiger partial charge on any atom is 0.252 e. The molecule has 1 atom stereocenters. The molecule has 1 amide bonds. The van der Waals surface area contributed by atoms with Gasteiger partial charge in [-0.3, -0.25) is 9.78 Å². The topological polar surface area (TPSA) is 87.1 Å². The number of aromatic nitrogens is 2. The molecule has 3 N–H and O–H groups in total.